The summed E-state index contributed by atoms with van der Waals surface area (Å²) < 4.78 is 224. The summed E-state index contributed by atoms with van der Waals surface area (Å²) in [5, 5.41) is 0.870. The molecule has 0 saturated heterocycles. The van der Waals surface area contributed by atoms with Gasteiger partial charge in [-0.05, 0) is 148 Å². The second kappa shape index (κ2) is 29.3. The summed E-state index contributed by atoms with van der Waals surface area (Å²) in [4.78, 5) is -4.01. The third kappa shape index (κ3) is 17.6. The summed E-state index contributed by atoms with van der Waals surface area (Å²) >= 11 is 0. The summed E-state index contributed by atoms with van der Waals surface area (Å²) in [5.41, 5.74) is 0.783. The zero-order valence-corrected chi connectivity index (χ0v) is 60.8. The molecule has 0 aromatic heterocycles. The molecule has 0 aliphatic rings. The van der Waals surface area contributed by atoms with Crippen molar-refractivity contribution in [2.75, 3.05) is 0 Å². The quantitative estimate of drug-likeness (QED) is 0.0523. The van der Waals surface area contributed by atoms with Gasteiger partial charge < -0.3 is 27.3 Å². The van der Waals surface area contributed by atoms with Crippen LogP contribution in [0.1, 0.15) is 11.1 Å². The molecule has 0 aliphatic heterocycles. The molecule has 0 saturated carbocycles. The van der Waals surface area contributed by atoms with Gasteiger partial charge in [0.2, 0.25) is 0 Å². The maximum Gasteiger partial charge on any atom is 1.00 e. The minimum absolute atomic E-state index is 0. The number of fused-ring (bicyclic) bond motifs is 2. The van der Waals surface area contributed by atoms with Crippen LogP contribution in [0.5, 0.6) is 0 Å². The molecule has 78 heavy (non-hydrogen) atoms. The molecule has 0 aliphatic carbocycles. The van der Waals surface area contributed by atoms with Crippen LogP contribution in [0.2, 0.25) is 0 Å². The molecule has 0 radical (unpaired) electrons. The maximum absolute atomic E-state index is 12.9. The van der Waals surface area contributed by atoms with Gasteiger partial charge in [-0.2, -0.15) is 0 Å². The van der Waals surface area contributed by atoms with E-state index in [2.05, 4.69) is 0 Å². The molecular weight excluding hydrogens is 1230 g/mol. The molecule has 0 spiro atoms. The zero-order chi connectivity index (χ0) is 52.3. The number of hydrogen-bond acceptors (Lipinski definition) is 18. The molecule has 0 atom stereocenters. The van der Waals surface area contributed by atoms with Gasteiger partial charge in [-0.15, -0.1) is 0 Å². The van der Waals surface area contributed by atoms with Gasteiger partial charge in [0, 0.05) is 12.3 Å². The summed E-state index contributed by atoms with van der Waals surface area (Å²) in [5.74, 6) is 0. The van der Waals surface area contributed by atoms with Gasteiger partial charge in [0.1, 0.15) is 60.7 Å². The summed E-state index contributed by atoms with van der Waals surface area (Å²) in [6.07, 6.45) is -0.478. The Morgan fingerprint density at radius 3 is 0.949 bits per heavy atom. The van der Waals surface area contributed by atoms with Crippen LogP contribution in [0.3, 0.4) is 0 Å². The Bertz CT molecular complexity index is 4130. The van der Waals surface area contributed by atoms with E-state index in [9.17, 15) is 77.8 Å². The van der Waals surface area contributed by atoms with Gasteiger partial charge in [-0.25, -0.2) is 50.5 Å². The topological polar surface area (TPSA) is 343 Å². The molecule has 8 aromatic carbocycles. The number of benzene rings is 8. The molecule has 0 heterocycles. The Morgan fingerprint density at radius 2 is 0.603 bits per heavy atom. The molecule has 18 nitrogen and oxygen atoms in total. The van der Waals surface area contributed by atoms with Crippen molar-refractivity contribution < 1.29 is 255 Å². The average Bonchev–Trinajstić information content (AvgIpc) is 3.30. The smallest absolute Gasteiger partial charge is 0.744 e. The number of rotatable bonds is 15. The summed E-state index contributed by atoms with van der Waals surface area (Å²) in [6.45, 7) is 0. The van der Waals surface area contributed by atoms with Crippen molar-refractivity contribution >= 4 is 119 Å². The van der Waals surface area contributed by atoms with Crippen LogP contribution in [0.4, 0.5) is 0 Å². The second-order valence-electron chi connectivity index (χ2n) is 15.8. The third-order valence-electron chi connectivity index (χ3n) is 11.3. The van der Waals surface area contributed by atoms with E-state index in [0.717, 1.165) is 66.7 Å². The van der Waals surface area contributed by atoms with Gasteiger partial charge in [-0.3, -0.25) is 0 Å². The van der Waals surface area contributed by atoms with Crippen LogP contribution in [0, 0.1) is 0 Å². The van der Waals surface area contributed by atoms with Crippen LogP contribution in [0.15, 0.2) is 187 Å². The first-order chi connectivity index (χ1) is 33.5. The van der Waals surface area contributed by atoms with Crippen LogP contribution < -0.4 is 199 Å². The fraction of sp³-hybridized carbons (Fsp3) is 0.0435. The van der Waals surface area contributed by atoms with E-state index in [1.165, 1.54) is 91.0 Å². The van der Waals surface area contributed by atoms with Crippen LogP contribution >= 0.6 is 15.8 Å². The molecule has 0 amide bonds. The maximum atomic E-state index is 12.9. The predicted octanol–water partition coefficient (Wildman–Crippen LogP) is -13.6. The molecular formula is C46H30Na6O18P2S6. The minimum Gasteiger partial charge on any atom is -0.744 e. The van der Waals surface area contributed by atoms with E-state index in [-0.39, 0.29) is 255 Å². The van der Waals surface area contributed by atoms with Crippen molar-refractivity contribution in [3.05, 3.63) is 169 Å². The zero-order valence-electron chi connectivity index (χ0n) is 42.1. The van der Waals surface area contributed by atoms with Gasteiger partial charge >= 0.3 is 177 Å². The number of hydrogen-bond donors (Lipinski definition) is 0. The molecule has 8 aromatic rings. The summed E-state index contributed by atoms with van der Waals surface area (Å²) in [6, 6.07) is 32.1. The Hall–Kier alpha value is 0.600. The van der Waals surface area contributed by atoms with Crippen LogP contribution in [-0.2, 0) is 73.0 Å². The molecule has 32 heteroatoms. The van der Waals surface area contributed by atoms with Crippen LogP contribution in [-0.4, -0.2) is 77.8 Å². The molecule has 374 valence electrons. The van der Waals surface area contributed by atoms with Gasteiger partial charge in [0.15, 0.2) is 0 Å². The van der Waals surface area contributed by atoms with Crippen molar-refractivity contribution in [3.8, 4) is 11.1 Å². The average molecular weight is 1260 g/mol. The second-order valence-corrected chi connectivity index (χ2v) is 28.5. The monoisotopic (exact) mass is 1260 g/mol. The van der Waals surface area contributed by atoms with E-state index >= 15 is 0 Å². The van der Waals surface area contributed by atoms with Gasteiger partial charge in [0.05, 0.1) is 29.4 Å². The van der Waals surface area contributed by atoms with Gasteiger partial charge in [0.25, 0.3) is 0 Å². The first-order valence-corrected chi connectivity index (χ1v) is 31.8. The van der Waals surface area contributed by atoms with Gasteiger partial charge in [-0.1, -0.05) is 91.0 Å². The largest absolute Gasteiger partial charge is 1.00 e. The first kappa shape index (κ1) is 74.7. The predicted molar refractivity (Wildman–Crippen MR) is 260 cm³/mol. The first-order valence-electron chi connectivity index (χ1n) is 20.3. The van der Waals surface area contributed by atoms with E-state index in [1.807, 2.05) is 0 Å². The van der Waals surface area contributed by atoms with E-state index in [4.69, 9.17) is 0 Å². The molecule has 0 fully saturated rings. The van der Waals surface area contributed by atoms with E-state index in [1.54, 1.807) is 0 Å². The summed E-state index contributed by atoms with van der Waals surface area (Å²) in [7, 11) is -35.0. The van der Waals surface area contributed by atoms with Crippen molar-refractivity contribution in [1.82, 2.24) is 0 Å². The standard InChI is InChI=1S/C46H36O18P2S6.6Na/c47-67(48,49)36-10-1-6-32(23-36)65(33-7-2-11-37(24-33)68(50,51)52)27-30-17-16-29-22-40(71(59,60)61)19-21-41(29)45(30)46-31(18-20-42-43(46)14-5-15-44(42)72(62,63)64)28-66(34-8-3-12-38(25-34)69(53,54)55)35-9-4-13-39(26-35)70(56,57)58;;;;;;/h1-26H,27-28H2,(H,47,48,49)(H,50,51,52)(H,53,54,55)(H,56,57,58)(H,59,60,61)(H,62,63,64);;;;;;/q;6*+1/p-6. The molecule has 0 bridgehead atoms. The fourth-order valence-electron chi connectivity index (χ4n) is 8.19. The Balaban J connectivity index is 0.00000347. The van der Waals surface area contributed by atoms with E-state index in [0.29, 0.717) is 0 Å². The molecule has 8 rings (SSSR count). The Labute approximate surface area is 586 Å². The molecule has 0 unspecified atom stereocenters. The van der Waals surface area contributed by atoms with Crippen molar-refractivity contribution in [3.63, 3.8) is 0 Å². The van der Waals surface area contributed by atoms with Crippen molar-refractivity contribution in [1.29, 1.82) is 0 Å². The van der Waals surface area contributed by atoms with Crippen molar-refractivity contribution in [2.24, 2.45) is 0 Å². The minimum atomic E-state index is -5.25. The third-order valence-corrected chi connectivity index (χ3v) is 21.3. The Kier molecular flexibility index (Phi) is 28.1. The van der Waals surface area contributed by atoms with Crippen LogP contribution in [0.25, 0.3) is 32.7 Å². The van der Waals surface area contributed by atoms with E-state index < -0.39 is 106 Å². The SMILES string of the molecule is O=S(=O)([O-])c1cccc(P(Cc2ccc3cc(S(=O)(=O)[O-])ccc3c2-c2c(CP(c3cccc(S(=O)(=O)[O-])c3)c3cccc(S(=O)(=O)[O-])c3)ccc3c(S(=O)(=O)[O-])cccc23)c2cccc(S(=O)(=O)[O-])c2)c1.[Na+].[Na+].[Na+].[Na+].[Na+].[Na+]. The normalized spacial score (nSPS) is 12.1. The molecule has 0 N–H and O–H groups in total. The fourth-order valence-corrected chi connectivity index (χ4v) is 16.6. The van der Waals surface area contributed by atoms with Crippen molar-refractivity contribution in [2.45, 2.75) is 41.7 Å². The Morgan fingerprint density at radius 1 is 0.295 bits per heavy atom.